The second-order valence-electron chi connectivity index (χ2n) is 10.8. The number of carboxylic acids is 1. The smallest absolute Gasteiger partial charge is 0.303 e. The topological polar surface area (TPSA) is 62.7 Å². The van der Waals surface area contributed by atoms with E-state index in [4.69, 9.17) is 16.3 Å². The van der Waals surface area contributed by atoms with Gasteiger partial charge in [-0.2, -0.15) is 11.8 Å². The molecule has 4 rings (SSSR count). The fourth-order valence-electron chi connectivity index (χ4n) is 6.05. The van der Waals surface area contributed by atoms with Crippen LogP contribution in [-0.4, -0.2) is 58.7 Å². The van der Waals surface area contributed by atoms with Gasteiger partial charge in [0.25, 0.3) is 0 Å². The summed E-state index contributed by atoms with van der Waals surface area (Å²) in [6.45, 7) is 2.83. The third-order valence-corrected chi connectivity index (χ3v) is 10.0. The lowest BCUT2D eigenvalue weighted by molar-refractivity contribution is -0.141. The van der Waals surface area contributed by atoms with Gasteiger partial charge in [-0.05, 0) is 93.9 Å². The number of pyridine rings is 1. The maximum atomic E-state index is 15.7. The molecular formula is C29H40ClFN2O3S. The minimum Gasteiger partial charge on any atom is -0.497 e. The van der Waals surface area contributed by atoms with E-state index in [0.29, 0.717) is 33.7 Å². The Labute approximate surface area is 229 Å². The first-order valence-corrected chi connectivity index (χ1v) is 15.1. The van der Waals surface area contributed by atoms with Gasteiger partial charge in [-0.25, -0.2) is 4.39 Å². The van der Waals surface area contributed by atoms with E-state index in [1.165, 1.54) is 50.5 Å². The summed E-state index contributed by atoms with van der Waals surface area (Å²) in [5.41, 5.74) is 0.707. The second-order valence-corrected chi connectivity index (χ2v) is 12.6. The van der Waals surface area contributed by atoms with Gasteiger partial charge in [-0.1, -0.05) is 30.9 Å². The van der Waals surface area contributed by atoms with Crippen LogP contribution in [0.2, 0.25) is 5.02 Å². The Hall–Kier alpha value is -1.57. The van der Waals surface area contributed by atoms with Crippen LogP contribution in [-0.2, 0) is 4.79 Å². The first kappa shape index (κ1) is 28.4. The summed E-state index contributed by atoms with van der Waals surface area (Å²) in [6, 6.07) is 5.37. The predicted octanol–water partition coefficient (Wildman–Crippen LogP) is 7.70. The van der Waals surface area contributed by atoms with Gasteiger partial charge in [-0.3, -0.25) is 9.78 Å². The zero-order valence-corrected chi connectivity index (χ0v) is 23.5. The van der Waals surface area contributed by atoms with Crippen molar-refractivity contribution >= 4 is 40.2 Å². The van der Waals surface area contributed by atoms with E-state index < -0.39 is 12.1 Å². The SMILES string of the molecule is COc1ccc2ncc(Cl)c([C@@H](F)CCC3(CC(=O)O)CCN(CCCSC4CCCCC4)CC3)c2c1. The van der Waals surface area contributed by atoms with E-state index in [1.807, 2.05) is 0 Å². The van der Waals surface area contributed by atoms with Crippen LogP contribution in [0.4, 0.5) is 4.39 Å². The molecule has 0 bridgehead atoms. The minimum absolute atomic E-state index is 0.0870. The van der Waals surface area contributed by atoms with Crippen LogP contribution in [0.5, 0.6) is 5.75 Å². The molecule has 0 unspecified atom stereocenters. The first-order chi connectivity index (χ1) is 17.9. The fraction of sp³-hybridized carbons (Fsp3) is 0.655. The van der Waals surface area contributed by atoms with Crippen molar-refractivity contribution in [3.63, 3.8) is 0 Å². The number of carbonyl (C=O) groups is 1. The number of hydrogen-bond donors (Lipinski definition) is 1. The number of benzene rings is 1. The molecule has 37 heavy (non-hydrogen) atoms. The van der Waals surface area contributed by atoms with Crippen molar-refractivity contribution in [2.24, 2.45) is 5.41 Å². The van der Waals surface area contributed by atoms with Crippen molar-refractivity contribution in [3.05, 3.63) is 35.0 Å². The number of rotatable bonds is 12. The number of hydrogen-bond acceptors (Lipinski definition) is 5. The van der Waals surface area contributed by atoms with Crippen LogP contribution in [0, 0.1) is 5.41 Å². The third-order valence-electron chi connectivity index (χ3n) is 8.28. The zero-order chi connectivity index (χ0) is 26.3. The standard InChI is InChI=1S/C29H40ClFN2O3S/c1-36-21-8-9-26-23(18-21)28(24(30)20-32-26)25(31)10-11-29(19-27(34)35)12-15-33(16-13-29)14-5-17-37-22-6-3-2-4-7-22/h8-9,18,20,22,25H,2-7,10-17,19H2,1H3,(H,34,35)/t25-/m0/s1. The monoisotopic (exact) mass is 550 g/mol. The molecule has 2 fully saturated rings. The largest absolute Gasteiger partial charge is 0.497 e. The molecule has 1 aromatic carbocycles. The highest BCUT2D eigenvalue weighted by Crippen LogP contribution is 2.44. The maximum Gasteiger partial charge on any atom is 0.303 e. The van der Waals surface area contributed by atoms with Crippen molar-refractivity contribution < 1.29 is 19.0 Å². The highest BCUT2D eigenvalue weighted by Gasteiger charge is 2.37. The fourth-order valence-corrected chi connectivity index (χ4v) is 7.61. The Kier molecular flexibility index (Phi) is 10.4. The van der Waals surface area contributed by atoms with Crippen LogP contribution in [0.15, 0.2) is 24.4 Å². The number of halogens is 2. The van der Waals surface area contributed by atoms with Crippen molar-refractivity contribution in [3.8, 4) is 5.75 Å². The number of carboxylic acid groups (broad SMARTS) is 1. The van der Waals surface area contributed by atoms with Gasteiger partial charge in [0.15, 0.2) is 0 Å². The van der Waals surface area contributed by atoms with E-state index in [-0.39, 0.29) is 18.3 Å². The Morgan fingerprint density at radius 1 is 1.30 bits per heavy atom. The summed E-state index contributed by atoms with van der Waals surface area (Å²) in [4.78, 5) is 18.6. The van der Waals surface area contributed by atoms with Crippen molar-refractivity contribution in [2.45, 2.75) is 82.1 Å². The Balaban J connectivity index is 1.33. The van der Waals surface area contributed by atoms with Gasteiger partial charge in [0.05, 0.1) is 24.1 Å². The molecule has 2 aliphatic rings. The molecule has 1 aliphatic heterocycles. The van der Waals surface area contributed by atoms with E-state index in [1.54, 1.807) is 25.3 Å². The lowest BCUT2D eigenvalue weighted by Gasteiger charge is -2.41. The van der Waals surface area contributed by atoms with Crippen LogP contribution >= 0.6 is 23.4 Å². The number of fused-ring (bicyclic) bond motifs is 1. The first-order valence-electron chi connectivity index (χ1n) is 13.7. The highest BCUT2D eigenvalue weighted by molar-refractivity contribution is 7.99. The predicted molar refractivity (Wildman–Crippen MR) is 151 cm³/mol. The maximum absolute atomic E-state index is 15.7. The van der Waals surface area contributed by atoms with Gasteiger partial charge in [0.2, 0.25) is 0 Å². The molecule has 2 heterocycles. The molecule has 0 spiro atoms. The molecule has 0 amide bonds. The van der Waals surface area contributed by atoms with Gasteiger partial charge in [0.1, 0.15) is 11.9 Å². The quantitative estimate of drug-likeness (QED) is 0.273. The molecule has 5 nitrogen and oxygen atoms in total. The molecule has 1 atom stereocenters. The number of methoxy groups -OCH3 is 1. The van der Waals surface area contributed by atoms with Gasteiger partial charge in [-0.15, -0.1) is 0 Å². The van der Waals surface area contributed by atoms with Gasteiger partial charge < -0.3 is 14.7 Å². The van der Waals surface area contributed by atoms with E-state index in [2.05, 4.69) is 21.6 Å². The van der Waals surface area contributed by atoms with Crippen LogP contribution in [0.25, 0.3) is 10.9 Å². The number of nitrogens with zero attached hydrogens (tertiary/aromatic N) is 2. The average Bonchev–Trinajstić information content (AvgIpc) is 2.90. The average molecular weight is 551 g/mol. The summed E-state index contributed by atoms with van der Waals surface area (Å²) in [7, 11) is 1.57. The van der Waals surface area contributed by atoms with E-state index >= 15 is 4.39 Å². The van der Waals surface area contributed by atoms with Gasteiger partial charge >= 0.3 is 5.97 Å². The molecule has 1 saturated carbocycles. The van der Waals surface area contributed by atoms with E-state index in [0.717, 1.165) is 37.7 Å². The molecule has 1 aromatic heterocycles. The highest BCUT2D eigenvalue weighted by atomic mass is 35.5. The Bertz CT molecular complexity index is 1040. The number of piperidine rings is 1. The van der Waals surface area contributed by atoms with Gasteiger partial charge in [0, 0.05) is 22.4 Å². The third kappa shape index (κ3) is 7.73. The number of aromatic nitrogens is 1. The summed E-state index contributed by atoms with van der Waals surface area (Å²) in [5, 5.41) is 11.5. The summed E-state index contributed by atoms with van der Waals surface area (Å²) in [5.74, 6) is 1.03. The Morgan fingerprint density at radius 3 is 2.76 bits per heavy atom. The lowest BCUT2D eigenvalue weighted by atomic mass is 9.71. The molecule has 1 N–H and O–H groups in total. The normalized spacial score (nSPS) is 19.6. The van der Waals surface area contributed by atoms with E-state index in [9.17, 15) is 9.90 Å². The van der Waals surface area contributed by atoms with Crippen LogP contribution < -0.4 is 4.74 Å². The molecule has 2 aromatic rings. The number of likely N-dealkylation sites (tertiary alicyclic amines) is 1. The number of ether oxygens (including phenoxy) is 1. The molecule has 1 saturated heterocycles. The molecule has 204 valence electrons. The molecule has 0 radical (unpaired) electrons. The second kappa shape index (κ2) is 13.5. The summed E-state index contributed by atoms with van der Waals surface area (Å²) < 4.78 is 21.1. The van der Waals surface area contributed by atoms with Crippen molar-refractivity contribution in [2.75, 3.05) is 32.5 Å². The minimum atomic E-state index is -1.30. The Morgan fingerprint density at radius 2 is 2.05 bits per heavy atom. The van der Waals surface area contributed by atoms with Crippen molar-refractivity contribution in [1.82, 2.24) is 9.88 Å². The van der Waals surface area contributed by atoms with Crippen LogP contribution in [0.3, 0.4) is 0 Å². The molecular weight excluding hydrogens is 511 g/mol. The summed E-state index contributed by atoms with van der Waals surface area (Å²) in [6.07, 6.45) is 10.7. The number of aliphatic carboxylic acids is 1. The zero-order valence-electron chi connectivity index (χ0n) is 21.9. The molecule has 8 heteroatoms. The van der Waals surface area contributed by atoms with Crippen molar-refractivity contribution in [1.29, 1.82) is 0 Å². The van der Waals surface area contributed by atoms with Crippen LogP contribution in [0.1, 0.15) is 82.4 Å². The molecule has 1 aliphatic carbocycles. The summed E-state index contributed by atoms with van der Waals surface area (Å²) >= 11 is 8.56. The lowest BCUT2D eigenvalue weighted by Crippen LogP contribution is -2.41. The number of thioether (sulfide) groups is 1. The number of alkyl halides is 1.